The molecule has 9 heteroatoms. The van der Waals surface area contributed by atoms with Crippen LogP contribution in [0.3, 0.4) is 0 Å². The summed E-state index contributed by atoms with van der Waals surface area (Å²) in [7, 11) is -3.87. The minimum Gasteiger partial charge on any atom is -0.345 e. The van der Waals surface area contributed by atoms with E-state index < -0.39 is 15.8 Å². The highest BCUT2D eigenvalue weighted by atomic mass is 35.5. The highest BCUT2D eigenvalue weighted by Crippen LogP contribution is 2.27. The van der Waals surface area contributed by atoms with Crippen molar-refractivity contribution in [3.8, 4) is 0 Å². The van der Waals surface area contributed by atoms with Gasteiger partial charge in [-0.25, -0.2) is 12.8 Å². The number of anilines is 1. The SMILES string of the molecule is Cc1cc(S(=O)(=O)Nc2ccc(C(=O)NC(C)c3ccc(Cl)s3)cc2)ccc1F. The molecule has 1 heterocycles. The number of benzene rings is 2. The van der Waals surface area contributed by atoms with Crippen LogP contribution in [0.25, 0.3) is 0 Å². The average Bonchev–Trinajstić information content (AvgIpc) is 3.10. The molecule has 2 aromatic carbocycles. The van der Waals surface area contributed by atoms with Crippen LogP contribution in [0.15, 0.2) is 59.5 Å². The summed E-state index contributed by atoms with van der Waals surface area (Å²) in [4.78, 5) is 13.3. The van der Waals surface area contributed by atoms with Gasteiger partial charge in [-0.2, -0.15) is 0 Å². The Morgan fingerprint density at radius 3 is 2.38 bits per heavy atom. The number of halogens is 2. The number of sulfonamides is 1. The Kier molecular flexibility index (Phi) is 6.26. The van der Waals surface area contributed by atoms with Gasteiger partial charge in [-0.3, -0.25) is 9.52 Å². The monoisotopic (exact) mass is 452 g/mol. The Morgan fingerprint density at radius 2 is 1.79 bits per heavy atom. The second-order valence-corrected chi connectivity index (χ2v) is 9.86. The van der Waals surface area contributed by atoms with Crippen molar-refractivity contribution >= 4 is 44.6 Å². The number of carbonyl (C=O) groups excluding carboxylic acids is 1. The summed E-state index contributed by atoms with van der Waals surface area (Å²) in [5.41, 5.74) is 0.919. The normalized spacial score (nSPS) is 12.4. The molecular weight excluding hydrogens is 435 g/mol. The highest BCUT2D eigenvalue weighted by Gasteiger charge is 2.17. The smallest absolute Gasteiger partial charge is 0.261 e. The number of amides is 1. The van der Waals surface area contributed by atoms with Crippen molar-refractivity contribution in [1.29, 1.82) is 0 Å². The maximum atomic E-state index is 13.4. The van der Waals surface area contributed by atoms with Crippen LogP contribution in [0.5, 0.6) is 0 Å². The molecule has 5 nitrogen and oxygen atoms in total. The first kappa shape index (κ1) is 21.3. The van der Waals surface area contributed by atoms with Crippen LogP contribution < -0.4 is 10.0 Å². The number of nitrogens with one attached hydrogen (secondary N) is 2. The number of carbonyl (C=O) groups is 1. The first-order valence-corrected chi connectivity index (χ1v) is 11.3. The third-order valence-corrected chi connectivity index (χ3v) is 7.00. The predicted octanol–water partition coefficient (Wildman–Crippen LogP) is 5.14. The first-order chi connectivity index (χ1) is 13.7. The molecule has 3 rings (SSSR count). The van der Waals surface area contributed by atoms with Crippen LogP contribution in [0.2, 0.25) is 4.34 Å². The van der Waals surface area contributed by atoms with Gasteiger partial charge in [-0.05, 0) is 74.0 Å². The Labute approximate surface area is 177 Å². The summed E-state index contributed by atoms with van der Waals surface area (Å²) < 4.78 is 41.4. The molecule has 0 aliphatic carbocycles. The Balaban J connectivity index is 1.69. The Bertz CT molecular complexity index is 1140. The van der Waals surface area contributed by atoms with Crippen molar-refractivity contribution in [3.63, 3.8) is 0 Å². The maximum absolute atomic E-state index is 13.4. The summed E-state index contributed by atoms with van der Waals surface area (Å²) in [6.07, 6.45) is 0. The minimum absolute atomic E-state index is 0.0401. The Hall–Kier alpha value is -2.42. The average molecular weight is 453 g/mol. The summed E-state index contributed by atoms with van der Waals surface area (Å²) >= 11 is 7.31. The van der Waals surface area contributed by atoms with Crippen LogP contribution in [0.1, 0.15) is 33.8 Å². The van der Waals surface area contributed by atoms with Gasteiger partial charge in [0.05, 0.1) is 15.3 Å². The molecular formula is C20H18ClFN2O3S2. The van der Waals surface area contributed by atoms with Crippen LogP contribution in [0, 0.1) is 12.7 Å². The molecule has 0 radical (unpaired) electrons. The Morgan fingerprint density at radius 1 is 1.10 bits per heavy atom. The summed E-state index contributed by atoms with van der Waals surface area (Å²) in [5.74, 6) is -0.760. The van der Waals surface area contributed by atoms with E-state index >= 15 is 0 Å². The van der Waals surface area contributed by atoms with E-state index in [0.29, 0.717) is 15.6 Å². The van der Waals surface area contributed by atoms with Crippen LogP contribution >= 0.6 is 22.9 Å². The van der Waals surface area contributed by atoms with Gasteiger partial charge in [0.2, 0.25) is 0 Å². The maximum Gasteiger partial charge on any atom is 0.261 e. The van der Waals surface area contributed by atoms with Gasteiger partial charge >= 0.3 is 0 Å². The molecule has 1 atom stereocenters. The van der Waals surface area contributed by atoms with E-state index in [1.54, 1.807) is 6.07 Å². The highest BCUT2D eigenvalue weighted by molar-refractivity contribution is 7.92. The predicted molar refractivity (Wildman–Crippen MR) is 114 cm³/mol. The van der Waals surface area contributed by atoms with E-state index in [1.807, 2.05) is 13.0 Å². The number of rotatable bonds is 6. The standard InChI is InChI=1S/C20H18ClFN2O3S2/c1-12-11-16(7-8-17(12)22)29(26,27)24-15-5-3-14(4-6-15)20(25)23-13(2)18-9-10-19(21)28-18/h3-11,13,24H,1-2H3,(H,23,25). The van der Waals surface area contributed by atoms with E-state index in [4.69, 9.17) is 11.6 Å². The van der Waals surface area contributed by atoms with Gasteiger partial charge in [-0.15, -0.1) is 11.3 Å². The quantitative estimate of drug-likeness (QED) is 0.543. The van der Waals surface area contributed by atoms with E-state index in [1.165, 1.54) is 54.7 Å². The molecule has 0 aliphatic heterocycles. The molecule has 152 valence electrons. The molecule has 0 bridgehead atoms. The lowest BCUT2D eigenvalue weighted by Gasteiger charge is -2.13. The largest absolute Gasteiger partial charge is 0.345 e. The number of thiophene rings is 1. The van der Waals surface area contributed by atoms with Gasteiger partial charge in [0.1, 0.15) is 5.82 Å². The molecule has 0 saturated carbocycles. The zero-order valence-electron chi connectivity index (χ0n) is 15.6. The zero-order valence-corrected chi connectivity index (χ0v) is 18.0. The second kappa shape index (κ2) is 8.52. The van der Waals surface area contributed by atoms with E-state index in [0.717, 1.165) is 10.9 Å². The lowest BCUT2D eigenvalue weighted by molar-refractivity contribution is 0.0940. The van der Waals surface area contributed by atoms with Crippen molar-refractivity contribution in [2.75, 3.05) is 4.72 Å². The number of hydrogen-bond acceptors (Lipinski definition) is 4. The topological polar surface area (TPSA) is 75.3 Å². The van der Waals surface area contributed by atoms with Crippen molar-refractivity contribution in [1.82, 2.24) is 5.32 Å². The third-order valence-electron chi connectivity index (χ3n) is 4.21. The van der Waals surface area contributed by atoms with E-state index in [-0.39, 0.29) is 22.4 Å². The van der Waals surface area contributed by atoms with Crippen molar-refractivity contribution in [2.24, 2.45) is 0 Å². The molecule has 0 saturated heterocycles. The first-order valence-electron chi connectivity index (χ1n) is 8.61. The van der Waals surface area contributed by atoms with Gasteiger partial charge in [0.25, 0.3) is 15.9 Å². The second-order valence-electron chi connectivity index (χ2n) is 6.43. The zero-order chi connectivity index (χ0) is 21.2. The summed E-state index contributed by atoms with van der Waals surface area (Å²) in [6.45, 7) is 3.35. The van der Waals surface area contributed by atoms with E-state index in [2.05, 4.69) is 10.0 Å². The number of aryl methyl sites for hydroxylation is 1. The molecule has 0 aliphatic rings. The molecule has 0 fully saturated rings. The fraction of sp³-hybridized carbons (Fsp3) is 0.150. The fourth-order valence-corrected chi connectivity index (χ4v) is 4.81. The van der Waals surface area contributed by atoms with Crippen LogP contribution in [0.4, 0.5) is 10.1 Å². The van der Waals surface area contributed by atoms with Crippen molar-refractivity contribution < 1.29 is 17.6 Å². The van der Waals surface area contributed by atoms with Crippen LogP contribution in [-0.2, 0) is 10.0 Å². The molecule has 2 N–H and O–H groups in total. The fourth-order valence-electron chi connectivity index (χ4n) is 2.60. The summed E-state index contributed by atoms with van der Waals surface area (Å²) in [6, 6.07) is 13.0. The van der Waals surface area contributed by atoms with Crippen molar-refractivity contribution in [2.45, 2.75) is 24.8 Å². The van der Waals surface area contributed by atoms with Gasteiger partial charge in [0, 0.05) is 16.1 Å². The molecule has 0 spiro atoms. The molecule has 3 aromatic rings. The third kappa shape index (κ3) is 5.14. The molecule has 1 aromatic heterocycles. The molecule has 29 heavy (non-hydrogen) atoms. The van der Waals surface area contributed by atoms with Crippen LogP contribution in [-0.4, -0.2) is 14.3 Å². The molecule has 1 unspecified atom stereocenters. The van der Waals surface area contributed by atoms with Crippen molar-refractivity contribution in [3.05, 3.63) is 80.8 Å². The lowest BCUT2D eigenvalue weighted by Crippen LogP contribution is -2.26. The summed E-state index contributed by atoms with van der Waals surface area (Å²) in [5, 5.41) is 2.87. The van der Waals surface area contributed by atoms with Gasteiger partial charge in [0.15, 0.2) is 0 Å². The lowest BCUT2D eigenvalue weighted by atomic mass is 10.2. The van der Waals surface area contributed by atoms with E-state index in [9.17, 15) is 17.6 Å². The van der Waals surface area contributed by atoms with Gasteiger partial charge < -0.3 is 5.32 Å². The molecule has 1 amide bonds. The van der Waals surface area contributed by atoms with Gasteiger partial charge in [-0.1, -0.05) is 11.6 Å². The number of hydrogen-bond donors (Lipinski definition) is 2. The minimum atomic E-state index is -3.87.